The second-order valence-electron chi connectivity index (χ2n) is 2.20. The molecular weight excluding hydrogens is 186 g/mol. The first kappa shape index (κ1) is 11.3. The summed E-state index contributed by atoms with van der Waals surface area (Å²) >= 11 is 0. The molecule has 0 saturated carbocycles. The molecule has 0 fully saturated rings. The number of sulfonamides is 1. The van der Waals surface area contributed by atoms with Crippen LogP contribution in [0.2, 0.25) is 0 Å². The third-order valence-corrected chi connectivity index (χ3v) is 1.70. The van der Waals surface area contributed by atoms with E-state index in [1.54, 1.807) is 0 Å². The Labute approximate surface area is 69.9 Å². The van der Waals surface area contributed by atoms with E-state index >= 15 is 0 Å². The molecule has 0 aromatic carbocycles. The molecule has 0 aromatic rings. The average Bonchev–Trinajstić information content (AvgIpc) is 1.97. The number of hydroxylamine groups is 1. The molecule has 0 aromatic heterocycles. The molecule has 7 nitrogen and oxygen atoms in total. The van der Waals surface area contributed by atoms with Crippen molar-refractivity contribution in [2.24, 2.45) is 5.73 Å². The monoisotopic (exact) mass is 197 g/mol. The van der Waals surface area contributed by atoms with Crippen LogP contribution in [0.3, 0.4) is 0 Å². The van der Waals surface area contributed by atoms with Crippen LogP contribution in [0.15, 0.2) is 0 Å². The van der Waals surface area contributed by atoms with Crippen LogP contribution in [0.5, 0.6) is 0 Å². The molecular formula is C4H11N3O4S. The van der Waals surface area contributed by atoms with E-state index in [1.807, 2.05) is 4.72 Å². The van der Waals surface area contributed by atoms with Gasteiger partial charge < -0.3 is 5.73 Å². The molecule has 0 spiro atoms. The van der Waals surface area contributed by atoms with Crippen molar-refractivity contribution in [3.05, 3.63) is 0 Å². The summed E-state index contributed by atoms with van der Waals surface area (Å²) in [6.45, 7) is -0.245. The average molecular weight is 197 g/mol. The molecule has 8 heteroatoms. The summed E-state index contributed by atoms with van der Waals surface area (Å²) < 4.78 is 23.0. The van der Waals surface area contributed by atoms with Gasteiger partial charge in [-0.2, -0.15) is 0 Å². The second kappa shape index (κ2) is 4.36. The summed E-state index contributed by atoms with van der Waals surface area (Å²) in [5.74, 6) is -0.842. The van der Waals surface area contributed by atoms with E-state index in [-0.39, 0.29) is 6.54 Å². The first-order valence-corrected chi connectivity index (χ1v) is 4.90. The van der Waals surface area contributed by atoms with E-state index in [0.717, 1.165) is 6.26 Å². The molecule has 0 heterocycles. The summed E-state index contributed by atoms with van der Waals surface area (Å²) in [5.41, 5.74) is 6.44. The number of nitrogens with two attached hydrogens (primary N) is 1. The lowest BCUT2D eigenvalue weighted by atomic mass is 10.3. The number of rotatable bonds is 4. The predicted molar refractivity (Wildman–Crippen MR) is 40.8 cm³/mol. The topological polar surface area (TPSA) is 122 Å². The van der Waals surface area contributed by atoms with Crippen LogP contribution < -0.4 is 15.9 Å². The van der Waals surface area contributed by atoms with Crippen molar-refractivity contribution in [3.63, 3.8) is 0 Å². The third-order valence-electron chi connectivity index (χ3n) is 1.01. The highest BCUT2D eigenvalue weighted by Gasteiger charge is 2.13. The minimum atomic E-state index is -3.35. The molecule has 0 aliphatic heterocycles. The molecule has 0 radical (unpaired) electrons. The molecule has 0 bridgehead atoms. The van der Waals surface area contributed by atoms with Gasteiger partial charge in [0.15, 0.2) is 0 Å². The van der Waals surface area contributed by atoms with Gasteiger partial charge in [0.25, 0.3) is 5.91 Å². The maximum atomic E-state index is 10.5. The molecule has 0 aliphatic carbocycles. The van der Waals surface area contributed by atoms with Crippen molar-refractivity contribution in [1.29, 1.82) is 0 Å². The summed E-state index contributed by atoms with van der Waals surface area (Å²) in [5, 5.41) is 8.08. The van der Waals surface area contributed by atoms with Gasteiger partial charge in [-0.05, 0) is 0 Å². The largest absolute Gasteiger partial charge is 0.319 e. The lowest BCUT2D eigenvalue weighted by Gasteiger charge is -2.08. The van der Waals surface area contributed by atoms with E-state index in [0.29, 0.717) is 0 Å². The normalized spacial score (nSPS) is 13.9. The van der Waals surface area contributed by atoms with Gasteiger partial charge in [-0.25, -0.2) is 18.6 Å². The summed E-state index contributed by atoms with van der Waals surface area (Å²) in [7, 11) is -3.35. The van der Waals surface area contributed by atoms with Crippen LogP contribution in [0.25, 0.3) is 0 Å². The van der Waals surface area contributed by atoms with Gasteiger partial charge >= 0.3 is 0 Å². The van der Waals surface area contributed by atoms with Gasteiger partial charge in [0, 0.05) is 6.54 Å². The first-order valence-electron chi connectivity index (χ1n) is 3.01. The Balaban J connectivity index is 3.88. The number of hydrogen-bond acceptors (Lipinski definition) is 5. The highest BCUT2D eigenvalue weighted by Crippen LogP contribution is 1.78. The number of carbonyl (C=O) groups is 1. The fraction of sp³-hybridized carbons (Fsp3) is 0.750. The van der Waals surface area contributed by atoms with Gasteiger partial charge in [0.2, 0.25) is 10.0 Å². The quantitative estimate of drug-likeness (QED) is 0.290. The highest BCUT2D eigenvalue weighted by molar-refractivity contribution is 7.88. The lowest BCUT2D eigenvalue weighted by Crippen LogP contribution is -2.46. The van der Waals surface area contributed by atoms with Crippen molar-refractivity contribution in [1.82, 2.24) is 10.2 Å². The van der Waals surface area contributed by atoms with E-state index in [2.05, 4.69) is 0 Å². The van der Waals surface area contributed by atoms with Crippen LogP contribution in [0.4, 0.5) is 0 Å². The molecule has 0 saturated heterocycles. The Kier molecular flexibility index (Phi) is 4.10. The summed E-state index contributed by atoms with van der Waals surface area (Å²) in [6.07, 6.45) is 0.941. The number of hydrogen-bond donors (Lipinski definition) is 4. The Morgan fingerprint density at radius 3 is 2.50 bits per heavy atom. The molecule has 1 amide bonds. The third kappa shape index (κ3) is 5.02. The number of carbonyl (C=O) groups excluding carboxylic acids is 1. The Bertz CT molecular complexity index is 249. The molecule has 1 unspecified atom stereocenters. The zero-order valence-corrected chi connectivity index (χ0v) is 7.26. The van der Waals surface area contributed by atoms with Crippen molar-refractivity contribution >= 4 is 15.9 Å². The van der Waals surface area contributed by atoms with Gasteiger partial charge in [-0.15, -0.1) is 0 Å². The Morgan fingerprint density at radius 2 is 2.17 bits per heavy atom. The SMILES string of the molecule is CS(=O)(=O)NCC(N)C(=O)NO. The molecule has 5 N–H and O–H groups in total. The van der Waals surface area contributed by atoms with E-state index in [1.165, 1.54) is 5.48 Å². The van der Waals surface area contributed by atoms with Crippen LogP contribution in [0.1, 0.15) is 0 Å². The zero-order valence-electron chi connectivity index (χ0n) is 6.44. The van der Waals surface area contributed by atoms with E-state index in [4.69, 9.17) is 10.9 Å². The molecule has 0 rings (SSSR count). The van der Waals surface area contributed by atoms with Crippen molar-refractivity contribution in [2.75, 3.05) is 12.8 Å². The Morgan fingerprint density at radius 1 is 1.67 bits per heavy atom. The minimum absolute atomic E-state index is 0.245. The Hall–Kier alpha value is -0.700. The molecule has 12 heavy (non-hydrogen) atoms. The van der Waals surface area contributed by atoms with Gasteiger partial charge in [0.05, 0.1) is 6.26 Å². The summed E-state index contributed by atoms with van der Waals surface area (Å²) in [4.78, 5) is 10.5. The summed E-state index contributed by atoms with van der Waals surface area (Å²) in [6, 6.07) is -1.09. The van der Waals surface area contributed by atoms with Gasteiger partial charge in [0.1, 0.15) is 6.04 Å². The maximum Gasteiger partial charge on any atom is 0.261 e. The van der Waals surface area contributed by atoms with Crippen molar-refractivity contribution < 1.29 is 18.4 Å². The molecule has 0 aliphatic rings. The fourth-order valence-electron chi connectivity index (χ4n) is 0.417. The number of nitrogens with one attached hydrogen (secondary N) is 2. The lowest BCUT2D eigenvalue weighted by molar-refractivity contribution is -0.130. The van der Waals surface area contributed by atoms with Crippen LogP contribution in [-0.4, -0.2) is 38.4 Å². The smallest absolute Gasteiger partial charge is 0.261 e. The maximum absolute atomic E-state index is 10.5. The van der Waals surface area contributed by atoms with Crippen molar-refractivity contribution in [3.8, 4) is 0 Å². The highest BCUT2D eigenvalue weighted by atomic mass is 32.2. The van der Waals surface area contributed by atoms with E-state index < -0.39 is 22.0 Å². The van der Waals surface area contributed by atoms with Crippen LogP contribution >= 0.6 is 0 Å². The van der Waals surface area contributed by atoms with Crippen molar-refractivity contribution in [2.45, 2.75) is 6.04 Å². The predicted octanol–water partition coefficient (Wildman–Crippen LogP) is -2.63. The van der Waals surface area contributed by atoms with Crippen LogP contribution in [-0.2, 0) is 14.8 Å². The zero-order chi connectivity index (χ0) is 9.78. The van der Waals surface area contributed by atoms with Gasteiger partial charge in [-0.1, -0.05) is 0 Å². The van der Waals surface area contributed by atoms with Crippen LogP contribution in [0, 0.1) is 0 Å². The second-order valence-corrected chi connectivity index (χ2v) is 4.04. The van der Waals surface area contributed by atoms with Gasteiger partial charge in [-0.3, -0.25) is 10.0 Å². The first-order chi connectivity index (χ1) is 5.37. The molecule has 72 valence electrons. The van der Waals surface area contributed by atoms with E-state index in [9.17, 15) is 13.2 Å². The minimum Gasteiger partial charge on any atom is -0.319 e. The molecule has 1 atom stereocenters. The fourth-order valence-corrected chi connectivity index (χ4v) is 0.899. The number of amides is 1. The standard InChI is InChI=1S/C4H11N3O4S/c1-12(10,11)6-2-3(5)4(8)7-9/h3,6,9H,2,5H2,1H3,(H,7,8).